The van der Waals surface area contributed by atoms with Gasteiger partial charge in [-0.05, 0) is 136 Å². The van der Waals surface area contributed by atoms with Gasteiger partial charge in [0, 0.05) is 0 Å². The molecule has 0 saturated carbocycles. The van der Waals surface area contributed by atoms with Gasteiger partial charge in [-0.1, -0.05) is 215 Å². The lowest BCUT2D eigenvalue weighted by molar-refractivity contribution is -0.105. The lowest BCUT2D eigenvalue weighted by Crippen LogP contribution is -2.42. The van der Waals surface area contributed by atoms with Crippen LogP contribution in [0.5, 0.6) is 23.0 Å². The van der Waals surface area contributed by atoms with Crippen molar-refractivity contribution in [2.75, 3.05) is 52.9 Å². The Morgan fingerprint density at radius 2 is 0.377 bits per heavy atom. The summed E-state index contributed by atoms with van der Waals surface area (Å²) in [5, 5.41) is 46.1. The molecule has 0 aliphatic rings. The molecular formula is C69H108O8. The maximum absolute atomic E-state index is 11.5. The fourth-order valence-corrected chi connectivity index (χ4v) is 10.1. The summed E-state index contributed by atoms with van der Waals surface area (Å²) in [5.74, 6) is 1.46. The van der Waals surface area contributed by atoms with Gasteiger partial charge < -0.3 is 39.4 Å². The van der Waals surface area contributed by atoms with Crippen LogP contribution < -0.4 is 0 Å². The summed E-state index contributed by atoms with van der Waals surface area (Å²) in [4.78, 5) is 0. The number of hydrogen-bond acceptors (Lipinski definition) is 8. The first-order valence-electron chi connectivity index (χ1n) is 28.7. The van der Waals surface area contributed by atoms with Crippen LogP contribution in [0.2, 0.25) is 0 Å². The highest BCUT2D eigenvalue weighted by molar-refractivity contribution is 5.53. The van der Waals surface area contributed by atoms with E-state index >= 15 is 0 Å². The van der Waals surface area contributed by atoms with Gasteiger partial charge in [0.25, 0.3) is 0 Å². The molecule has 0 atom stereocenters. The minimum Gasteiger partial charge on any atom is -0.507 e. The third kappa shape index (κ3) is 18.0. The smallest absolute Gasteiger partial charge is 0.123 e. The Kier molecular flexibility index (Phi) is 20.7. The maximum Gasteiger partial charge on any atom is 0.123 e. The lowest BCUT2D eigenvalue weighted by Gasteiger charge is -2.33. The average molecular weight is 1070 g/mol. The number of rotatable bonds is 20. The highest BCUT2D eigenvalue weighted by atomic mass is 16.5. The second kappa shape index (κ2) is 24.3. The van der Waals surface area contributed by atoms with Crippen molar-refractivity contribution in [1.29, 1.82) is 0 Å². The number of aromatic hydroxyl groups is 4. The second-order valence-corrected chi connectivity index (χ2v) is 30.9. The number of phenols is 4. The highest BCUT2D eigenvalue weighted by Crippen LogP contribution is 2.44. The predicted molar refractivity (Wildman–Crippen MR) is 323 cm³/mol. The summed E-state index contributed by atoms with van der Waals surface area (Å²) >= 11 is 0. The van der Waals surface area contributed by atoms with Crippen LogP contribution >= 0.6 is 0 Å². The molecule has 0 saturated heterocycles. The first-order valence-corrected chi connectivity index (χ1v) is 28.7. The number of phenolic OH excluding ortho intramolecular Hbond substituents is 4. The van der Waals surface area contributed by atoms with Gasteiger partial charge in [0.2, 0.25) is 0 Å². The summed E-state index contributed by atoms with van der Waals surface area (Å²) in [7, 11) is 0. The summed E-state index contributed by atoms with van der Waals surface area (Å²) in [6.07, 6.45) is 2.60. The molecule has 4 N–H and O–H groups in total. The molecule has 8 nitrogen and oxygen atoms in total. The molecular weight excluding hydrogens is 957 g/mol. The van der Waals surface area contributed by atoms with Crippen molar-refractivity contribution < 1.29 is 39.4 Å². The molecule has 0 unspecified atom stereocenters. The molecule has 432 valence electrons. The highest BCUT2D eigenvalue weighted by Gasteiger charge is 2.35. The summed E-state index contributed by atoms with van der Waals surface area (Å²) in [6.45, 7) is 54.4. The molecule has 0 aliphatic heterocycles. The molecule has 0 radical (unpaired) electrons. The van der Waals surface area contributed by atoms with Crippen LogP contribution in [0.1, 0.15) is 233 Å². The Hall–Kier alpha value is -4.08. The van der Waals surface area contributed by atoms with Crippen LogP contribution in [0.25, 0.3) is 0 Å². The Labute approximate surface area is 469 Å². The fourth-order valence-electron chi connectivity index (χ4n) is 10.1. The van der Waals surface area contributed by atoms with Crippen molar-refractivity contribution in [3.05, 3.63) is 115 Å². The van der Waals surface area contributed by atoms with Crippen molar-refractivity contribution in [2.45, 2.75) is 235 Å². The van der Waals surface area contributed by atoms with Crippen LogP contribution in [0.15, 0.2) is 48.5 Å². The van der Waals surface area contributed by atoms with Crippen LogP contribution in [0.4, 0.5) is 0 Å². The second-order valence-electron chi connectivity index (χ2n) is 30.9. The number of benzene rings is 4. The van der Waals surface area contributed by atoms with Gasteiger partial charge >= 0.3 is 0 Å². The molecule has 8 heteroatoms. The molecule has 4 aromatic carbocycles. The van der Waals surface area contributed by atoms with Crippen LogP contribution in [0, 0.1) is 5.41 Å². The molecule has 0 fully saturated rings. The van der Waals surface area contributed by atoms with Gasteiger partial charge in [-0.15, -0.1) is 0 Å². The number of ether oxygens (including phenoxy) is 4. The monoisotopic (exact) mass is 1060 g/mol. The van der Waals surface area contributed by atoms with Crippen molar-refractivity contribution in [3.63, 3.8) is 0 Å². The molecule has 4 aromatic rings. The molecule has 0 aromatic heterocycles. The molecule has 0 heterocycles. The zero-order chi connectivity index (χ0) is 58.7. The molecule has 77 heavy (non-hydrogen) atoms. The van der Waals surface area contributed by atoms with Gasteiger partial charge in [-0.25, -0.2) is 0 Å². The predicted octanol–water partition coefficient (Wildman–Crippen LogP) is 16.2. The van der Waals surface area contributed by atoms with Crippen molar-refractivity contribution >= 4 is 0 Å². The Balaban J connectivity index is 1.75. The minimum atomic E-state index is -0.714. The SMILES string of the molecule is CC(C)(C)c1cc(CCOCC(COCCc2cc(C(C)(C)C)c(O)c(C(C)(C)C)c2)(COCCc2cc(C(C)(C)C)c(O)c(C(C)(C)C)c2)COCCc2cc(C(C)(C)C)c(O)c(C(C)(C)C)c2)cc(C(C)(C)C)c1O. The van der Waals surface area contributed by atoms with Crippen LogP contribution in [-0.2, 0) is 88.0 Å². The summed E-state index contributed by atoms with van der Waals surface area (Å²) in [6, 6.07) is 17.1. The number of hydrogen-bond donors (Lipinski definition) is 4. The van der Waals surface area contributed by atoms with E-state index in [4.69, 9.17) is 18.9 Å². The Bertz CT molecular complexity index is 2090. The van der Waals surface area contributed by atoms with Gasteiger partial charge in [-0.2, -0.15) is 0 Å². The van der Waals surface area contributed by atoms with E-state index in [1.54, 1.807) is 0 Å². The third-order valence-electron chi connectivity index (χ3n) is 14.9. The van der Waals surface area contributed by atoms with E-state index in [2.05, 4.69) is 215 Å². The van der Waals surface area contributed by atoms with E-state index in [0.717, 1.165) is 66.8 Å². The van der Waals surface area contributed by atoms with Gasteiger partial charge in [0.1, 0.15) is 23.0 Å². The van der Waals surface area contributed by atoms with Crippen molar-refractivity contribution in [3.8, 4) is 23.0 Å². The Morgan fingerprint density at radius 3 is 0.494 bits per heavy atom. The average Bonchev–Trinajstić information content (AvgIpc) is 3.25. The quantitative estimate of drug-likeness (QED) is 0.0647. The zero-order valence-corrected chi connectivity index (χ0v) is 53.0. The van der Waals surface area contributed by atoms with E-state index in [1.807, 2.05) is 0 Å². The standard InChI is InChI=1S/C69H108O8/c1-61(2,3)49-33-45(34-50(57(49)70)62(4,5)6)25-29-74-41-69(42-75-30-26-46-35-51(63(7,8)9)58(71)52(36-46)64(10,11)12,43-76-31-27-47-37-53(65(13,14)15)59(72)54(38-47)66(16,17)18)44-77-32-28-48-39-55(67(19,20)21)60(73)56(40-48)68(22,23)24/h33-40,70-73H,25-32,41-44H2,1-24H3. The van der Waals surface area contributed by atoms with Crippen LogP contribution in [-0.4, -0.2) is 73.3 Å². The minimum absolute atomic E-state index is 0.254. The molecule has 0 amide bonds. The molecule has 0 spiro atoms. The van der Waals surface area contributed by atoms with Gasteiger partial charge in [0.15, 0.2) is 0 Å². The maximum atomic E-state index is 11.5. The van der Waals surface area contributed by atoms with E-state index in [9.17, 15) is 20.4 Å². The van der Waals surface area contributed by atoms with Gasteiger partial charge in [-0.3, -0.25) is 0 Å². The third-order valence-corrected chi connectivity index (χ3v) is 14.9. The molecule has 0 bridgehead atoms. The van der Waals surface area contributed by atoms with Gasteiger partial charge in [0.05, 0.1) is 58.3 Å². The van der Waals surface area contributed by atoms with Crippen molar-refractivity contribution in [1.82, 2.24) is 0 Å². The first-order chi connectivity index (χ1) is 34.9. The van der Waals surface area contributed by atoms with E-state index in [1.165, 1.54) is 0 Å². The summed E-state index contributed by atoms with van der Waals surface area (Å²) < 4.78 is 27.2. The topological polar surface area (TPSA) is 118 Å². The van der Waals surface area contributed by atoms with E-state index in [-0.39, 0.29) is 43.3 Å². The largest absolute Gasteiger partial charge is 0.507 e. The fraction of sp³-hybridized carbons (Fsp3) is 0.652. The van der Waals surface area contributed by atoms with E-state index in [0.29, 0.717) is 102 Å². The zero-order valence-electron chi connectivity index (χ0n) is 53.0. The molecule has 0 aliphatic carbocycles. The summed E-state index contributed by atoms with van der Waals surface area (Å²) in [5.41, 5.74) is 9.14. The first kappa shape index (κ1) is 65.4. The van der Waals surface area contributed by atoms with Crippen molar-refractivity contribution in [2.24, 2.45) is 5.41 Å². The van der Waals surface area contributed by atoms with Crippen LogP contribution in [0.3, 0.4) is 0 Å². The normalized spacial score (nSPS) is 13.7. The lowest BCUT2D eigenvalue weighted by atomic mass is 9.78. The molecule has 4 rings (SSSR count). The Morgan fingerprint density at radius 1 is 0.247 bits per heavy atom. The van der Waals surface area contributed by atoms with E-state index < -0.39 is 5.41 Å².